The first-order chi connectivity index (χ1) is 5.32. The van der Waals surface area contributed by atoms with Crippen molar-refractivity contribution in [2.75, 3.05) is 6.61 Å². The Labute approximate surface area is 95.6 Å². The van der Waals surface area contributed by atoms with Gasteiger partial charge in [-0.3, -0.25) is 0 Å². The van der Waals surface area contributed by atoms with E-state index < -0.39 is 0 Å². The molecule has 0 unspecified atom stereocenters. The van der Waals surface area contributed by atoms with Gasteiger partial charge in [-0.2, -0.15) is 6.61 Å². The summed E-state index contributed by atoms with van der Waals surface area (Å²) in [6.45, 7) is 4.22. The van der Waals surface area contributed by atoms with Crippen LogP contribution in [0, 0.1) is 43.6 Å². The molecule has 0 amide bonds. The zero-order chi connectivity index (χ0) is 7.90. The molecule has 2 bridgehead atoms. The Balaban J connectivity index is 0.000000720. The summed E-state index contributed by atoms with van der Waals surface area (Å²) in [6, 6.07) is 0. The Morgan fingerprint density at radius 2 is 2.50 bits per heavy atom. The van der Waals surface area contributed by atoms with Gasteiger partial charge in [-0.1, -0.05) is 6.92 Å². The Kier molecular flexibility index (Phi) is 3.39. The van der Waals surface area contributed by atoms with Gasteiger partial charge in [-0.05, 0) is 12.5 Å². The molecule has 2 saturated heterocycles. The molecule has 66 valence electrons. The Bertz CT molecular complexity index is 175. The molecular weight excluding hydrogens is 382 g/mol. The van der Waals surface area contributed by atoms with Gasteiger partial charge in [-0.25, -0.2) is 0 Å². The van der Waals surface area contributed by atoms with Crippen LogP contribution in [0.5, 0.6) is 0 Å². The van der Waals surface area contributed by atoms with E-state index in [9.17, 15) is 4.79 Å². The predicted molar refractivity (Wildman–Crippen MR) is 37.7 cm³/mol. The first-order valence-corrected chi connectivity index (χ1v) is 3.90. The smallest absolute Gasteiger partial charge is 0.125 e. The van der Waals surface area contributed by atoms with Gasteiger partial charge in [-0.15, -0.1) is 0 Å². The third-order valence-corrected chi connectivity index (χ3v) is 2.66. The summed E-state index contributed by atoms with van der Waals surface area (Å²) < 4.78 is 10.7. The monoisotopic (exact) mass is 393 g/mol. The molecule has 4 heteroatoms. The normalized spacial score (nSPS) is 44.1. The number of ether oxygens (including phenoxy) is 2. The molecule has 2 aliphatic heterocycles. The van der Waals surface area contributed by atoms with E-state index in [1.165, 1.54) is 0 Å². The van der Waals surface area contributed by atoms with Gasteiger partial charge in [0.25, 0.3) is 0 Å². The van der Waals surface area contributed by atoms with E-state index in [1.807, 2.05) is 6.92 Å². The van der Waals surface area contributed by atoms with E-state index in [0.717, 1.165) is 12.7 Å². The molecule has 0 aromatic rings. The van der Waals surface area contributed by atoms with E-state index in [-0.39, 0.29) is 48.7 Å². The van der Waals surface area contributed by atoms with Crippen LogP contribution in [0.15, 0.2) is 0 Å². The first kappa shape index (κ1) is 10.7. The molecule has 0 aliphatic carbocycles. The number of rotatable bonds is 2. The number of hydrogen-bond donors (Lipinski definition) is 0. The SMILES string of the molecule is CC[C@@]12CO[C@@H]([CH-]O1)[C@@H]2C=O.[U]. The first-order valence-electron chi connectivity index (χ1n) is 3.90. The molecule has 0 saturated carbocycles. The third-order valence-electron chi connectivity index (χ3n) is 2.66. The third kappa shape index (κ3) is 1.29. The molecule has 0 radical (unpaired) electrons. The van der Waals surface area contributed by atoms with Crippen molar-refractivity contribution in [2.45, 2.75) is 25.0 Å². The molecule has 2 rings (SSSR count). The van der Waals surface area contributed by atoms with E-state index in [2.05, 4.69) is 0 Å². The number of fused-ring (bicyclic) bond motifs is 2. The zero-order valence-corrected chi connectivity index (χ0v) is 11.1. The maximum absolute atomic E-state index is 10.7. The van der Waals surface area contributed by atoms with E-state index >= 15 is 0 Å². The van der Waals surface area contributed by atoms with Gasteiger partial charge >= 0.3 is 0 Å². The van der Waals surface area contributed by atoms with Crippen LogP contribution < -0.4 is 0 Å². The molecule has 2 heterocycles. The van der Waals surface area contributed by atoms with Crippen LogP contribution in [0.2, 0.25) is 0 Å². The summed E-state index contributed by atoms with van der Waals surface area (Å²) in [4.78, 5) is 10.7. The average Bonchev–Trinajstić information content (AvgIpc) is 2.58. The second-order valence-electron chi connectivity index (χ2n) is 3.11. The number of aldehydes is 1. The summed E-state index contributed by atoms with van der Waals surface area (Å²) >= 11 is 0. The molecule has 3 atom stereocenters. The molecule has 3 nitrogen and oxygen atoms in total. The van der Waals surface area contributed by atoms with Crippen molar-refractivity contribution in [3.63, 3.8) is 0 Å². The Morgan fingerprint density at radius 3 is 2.83 bits per heavy atom. The summed E-state index contributed by atoms with van der Waals surface area (Å²) in [5, 5.41) is 0. The fraction of sp³-hybridized carbons (Fsp3) is 0.750. The van der Waals surface area contributed by atoms with Crippen molar-refractivity contribution in [1.82, 2.24) is 0 Å². The van der Waals surface area contributed by atoms with Crippen molar-refractivity contribution in [3.8, 4) is 0 Å². The van der Waals surface area contributed by atoms with Crippen LogP contribution in [-0.2, 0) is 14.3 Å². The van der Waals surface area contributed by atoms with E-state index in [4.69, 9.17) is 9.47 Å². The van der Waals surface area contributed by atoms with Gasteiger partial charge in [0.1, 0.15) is 6.29 Å². The molecule has 0 aromatic carbocycles. The van der Waals surface area contributed by atoms with Crippen LogP contribution >= 0.6 is 0 Å². The van der Waals surface area contributed by atoms with Gasteiger partial charge < -0.3 is 14.3 Å². The second kappa shape index (κ2) is 3.79. The quantitative estimate of drug-likeness (QED) is 0.508. The second-order valence-corrected chi connectivity index (χ2v) is 3.11. The topological polar surface area (TPSA) is 35.5 Å². The predicted octanol–water partition coefficient (Wildman–Crippen LogP) is 0.541. The fourth-order valence-corrected chi connectivity index (χ4v) is 1.80. The minimum absolute atomic E-state index is 0. The largest absolute Gasteiger partial charge is 0.543 e. The molecule has 2 fully saturated rings. The van der Waals surface area contributed by atoms with Crippen LogP contribution in [0.25, 0.3) is 0 Å². The molecule has 2 aliphatic rings. The van der Waals surface area contributed by atoms with Crippen LogP contribution in [0.1, 0.15) is 13.3 Å². The summed E-state index contributed by atoms with van der Waals surface area (Å²) in [7, 11) is 0. The molecule has 0 N–H and O–H groups in total. The number of carbonyl (C=O) groups is 1. The van der Waals surface area contributed by atoms with E-state index in [1.54, 1.807) is 6.61 Å². The zero-order valence-electron chi connectivity index (χ0n) is 6.95. The van der Waals surface area contributed by atoms with Gasteiger partial charge in [0, 0.05) is 37.0 Å². The summed E-state index contributed by atoms with van der Waals surface area (Å²) in [6.07, 6.45) is 1.70. The molecule has 0 spiro atoms. The van der Waals surface area contributed by atoms with Crippen molar-refractivity contribution < 1.29 is 45.4 Å². The maximum Gasteiger partial charge on any atom is 0.125 e. The van der Waals surface area contributed by atoms with Gasteiger partial charge in [0.15, 0.2) is 0 Å². The van der Waals surface area contributed by atoms with Crippen molar-refractivity contribution in [2.24, 2.45) is 5.92 Å². The van der Waals surface area contributed by atoms with Crippen LogP contribution in [0.3, 0.4) is 0 Å². The van der Waals surface area contributed by atoms with E-state index in [0.29, 0.717) is 6.61 Å². The fourth-order valence-electron chi connectivity index (χ4n) is 1.80. The van der Waals surface area contributed by atoms with Crippen molar-refractivity contribution in [3.05, 3.63) is 6.61 Å². The molecule has 12 heavy (non-hydrogen) atoms. The van der Waals surface area contributed by atoms with Crippen LogP contribution in [0.4, 0.5) is 0 Å². The summed E-state index contributed by atoms with van der Waals surface area (Å²) in [5.74, 6) is -0.0764. The number of carbonyl (C=O) groups excluding carboxylic acids is 1. The minimum Gasteiger partial charge on any atom is -0.543 e. The average molecular weight is 393 g/mol. The maximum atomic E-state index is 10.7. The summed E-state index contributed by atoms with van der Waals surface area (Å²) in [5.41, 5.74) is -0.327. The van der Waals surface area contributed by atoms with Gasteiger partial charge in [0.2, 0.25) is 0 Å². The van der Waals surface area contributed by atoms with Crippen molar-refractivity contribution >= 4 is 6.29 Å². The van der Waals surface area contributed by atoms with Gasteiger partial charge in [0.05, 0.1) is 12.2 Å². The Morgan fingerprint density at radius 1 is 1.75 bits per heavy atom. The van der Waals surface area contributed by atoms with Crippen LogP contribution in [-0.4, -0.2) is 24.6 Å². The molecular formula is C8H11O3U-. The standard InChI is InChI=1S/C8H11O3.U/c1-2-8-5-10-7(4-11-8)6(8)3-9;/h3-4,6-7H,2,5H2,1H3;/q-1;/t6-,7-,8-;/m0./s1. The minimum atomic E-state index is -0.327. The van der Waals surface area contributed by atoms with Crippen molar-refractivity contribution in [1.29, 1.82) is 0 Å². The Hall–Kier alpha value is 0.642. The molecule has 0 aromatic heterocycles. The number of hydrogen-bond acceptors (Lipinski definition) is 3.